The monoisotopic (exact) mass is 372 g/mol. The van der Waals surface area contributed by atoms with E-state index in [0.717, 1.165) is 16.7 Å². The lowest BCUT2D eigenvalue weighted by Gasteiger charge is -2.15. The maximum absolute atomic E-state index is 12.5. The number of carbonyl (C=O) groups excluding carboxylic acids is 2. The molecule has 0 radical (unpaired) electrons. The normalized spacial score (nSPS) is 12.4. The summed E-state index contributed by atoms with van der Waals surface area (Å²) in [6, 6.07) is 20.5. The number of amides is 2. The highest BCUT2D eigenvalue weighted by molar-refractivity contribution is 6.11. The van der Waals surface area contributed by atoms with Gasteiger partial charge in [-0.05, 0) is 41.3 Å². The number of Topliss-reactive ketones (excluding diaryl/α,β-unsaturated/α-hetero) is 1. The number of methoxy groups -OCH3 is 1. The number of rotatable bonds is 4. The molecule has 0 spiro atoms. The summed E-state index contributed by atoms with van der Waals surface area (Å²) in [5.74, 6) is 0.624. The van der Waals surface area contributed by atoms with Gasteiger partial charge in [-0.3, -0.25) is 4.79 Å². The molecule has 5 nitrogen and oxygen atoms in total. The van der Waals surface area contributed by atoms with E-state index < -0.39 is 6.03 Å². The molecular formula is C23H20N2O3. The van der Waals surface area contributed by atoms with E-state index in [0.29, 0.717) is 35.5 Å². The summed E-state index contributed by atoms with van der Waals surface area (Å²) >= 11 is 0. The van der Waals surface area contributed by atoms with Crippen LogP contribution in [0.2, 0.25) is 0 Å². The summed E-state index contributed by atoms with van der Waals surface area (Å²) < 4.78 is 5.26. The minimum absolute atomic E-state index is 0.0559. The van der Waals surface area contributed by atoms with Gasteiger partial charge in [-0.1, -0.05) is 48.5 Å². The second-order valence-electron chi connectivity index (χ2n) is 6.58. The Hall–Kier alpha value is -3.60. The van der Waals surface area contributed by atoms with Crippen molar-refractivity contribution in [3.63, 3.8) is 0 Å². The zero-order chi connectivity index (χ0) is 19.5. The van der Waals surface area contributed by atoms with Crippen molar-refractivity contribution in [1.29, 1.82) is 0 Å². The zero-order valence-corrected chi connectivity index (χ0v) is 15.5. The molecule has 0 saturated carbocycles. The predicted molar refractivity (Wildman–Crippen MR) is 110 cm³/mol. The fraction of sp³-hybridized carbons (Fsp3) is 0.130. The number of ether oxygens (including phenoxy) is 1. The highest BCUT2D eigenvalue weighted by Crippen LogP contribution is 2.37. The number of nitrogens with one attached hydrogen (secondary N) is 2. The van der Waals surface area contributed by atoms with Gasteiger partial charge in [0, 0.05) is 12.0 Å². The molecule has 0 atom stereocenters. The average molecular weight is 372 g/mol. The van der Waals surface area contributed by atoms with E-state index in [2.05, 4.69) is 10.6 Å². The van der Waals surface area contributed by atoms with E-state index in [1.54, 1.807) is 25.3 Å². The molecule has 1 aliphatic carbocycles. The quantitative estimate of drug-likeness (QED) is 0.667. The first kappa shape index (κ1) is 17.8. The van der Waals surface area contributed by atoms with E-state index in [4.69, 9.17) is 4.74 Å². The largest absolute Gasteiger partial charge is 0.495 e. The van der Waals surface area contributed by atoms with Gasteiger partial charge >= 0.3 is 6.03 Å². The molecule has 1 aliphatic rings. The second-order valence-corrected chi connectivity index (χ2v) is 6.58. The second kappa shape index (κ2) is 7.56. The summed E-state index contributed by atoms with van der Waals surface area (Å²) in [6.07, 6.45) is 1.14. The molecule has 0 aromatic heterocycles. The maximum Gasteiger partial charge on any atom is 0.323 e. The van der Waals surface area contributed by atoms with Crippen molar-refractivity contribution in [2.24, 2.45) is 0 Å². The molecule has 140 valence electrons. The summed E-state index contributed by atoms with van der Waals surface area (Å²) in [6.45, 7) is 0. The summed E-state index contributed by atoms with van der Waals surface area (Å²) in [7, 11) is 1.55. The average Bonchev–Trinajstić information content (AvgIpc) is 3.11. The van der Waals surface area contributed by atoms with Gasteiger partial charge in [-0.25, -0.2) is 4.79 Å². The molecule has 0 fully saturated rings. The third kappa shape index (κ3) is 3.34. The summed E-state index contributed by atoms with van der Waals surface area (Å²) in [4.78, 5) is 25.0. The van der Waals surface area contributed by atoms with Gasteiger partial charge in [0.25, 0.3) is 0 Å². The van der Waals surface area contributed by atoms with Crippen LogP contribution in [0.15, 0.2) is 66.7 Å². The van der Waals surface area contributed by atoms with Crippen LogP contribution >= 0.6 is 0 Å². The topological polar surface area (TPSA) is 67.4 Å². The fourth-order valence-electron chi connectivity index (χ4n) is 3.61. The van der Waals surface area contributed by atoms with Gasteiger partial charge in [-0.15, -0.1) is 0 Å². The number of fused-ring (bicyclic) bond motifs is 1. The van der Waals surface area contributed by atoms with Crippen LogP contribution in [0, 0.1) is 0 Å². The minimum Gasteiger partial charge on any atom is -0.495 e. The van der Waals surface area contributed by atoms with E-state index in [-0.39, 0.29) is 5.78 Å². The lowest BCUT2D eigenvalue weighted by molar-refractivity contribution is 0.0995. The number of urea groups is 1. The van der Waals surface area contributed by atoms with Crippen LogP contribution in [0.4, 0.5) is 16.2 Å². The highest BCUT2D eigenvalue weighted by Gasteiger charge is 2.27. The summed E-state index contributed by atoms with van der Waals surface area (Å²) in [5, 5.41) is 5.60. The zero-order valence-electron chi connectivity index (χ0n) is 15.5. The van der Waals surface area contributed by atoms with Crippen molar-refractivity contribution < 1.29 is 14.3 Å². The van der Waals surface area contributed by atoms with Crippen molar-refractivity contribution in [2.75, 3.05) is 17.7 Å². The number of hydrogen-bond donors (Lipinski definition) is 2. The molecule has 0 bridgehead atoms. The van der Waals surface area contributed by atoms with Crippen molar-refractivity contribution in [3.05, 3.63) is 77.9 Å². The van der Waals surface area contributed by atoms with Crippen molar-refractivity contribution in [2.45, 2.75) is 12.8 Å². The molecule has 28 heavy (non-hydrogen) atoms. The van der Waals surface area contributed by atoms with Gasteiger partial charge in [0.1, 0.15) is 5.75 Å². The van der Waals surface area contributed by atoms with Crippen molar-refractivity contribution in [1.82, 2.24) is 0 Å². The highest BCUT2D eigenvalue weighted by atomic mass is 16.5. The lowest BCUT2D eigenvalue weighted by atomic mass is 9.95. The van der Waals surface area contributed by atoms with Gasteiger partial charge < -0.3 is 15.4 Å². The van der Waals surface area contributed by atoms with Crippen LogP contribution in [0.25, 0.3) is 11.1 Å². The Bertz CT molecular complexity index is 1040. The lowest BCUT2D eigenvalue weighted by Crippen LogP contribution is -2.21. The molecule has 2 amide bonds. The van der Waals surface area contributed by atoms with Gasteiger partial charge in [-0.2, -0.15) is 0 Å². The van der Waals surface area contributed by atoms with Crippen LogP contribution < -0.4 is 15.4 Å². The van der Waals surface area contributed by atoms with Gasteiger partial charge in [0.15, 0.2) is 5.78 Å². The van der Waals surface area contributed by atoms with E-state index in [9.17, 15) is 9.59 Å². The number of para-hydroxylation sites is 2. The van der Waals surface area contributed by atoms with E-state index >= 15 is 0 Å². The number of ketones is 1. The van der Waals surface area contributed by atoms with E-state index in [1.807, 2.05) is 48.5 Å². The molecule has 2 N–H and O–H groups in total. The summed E-state index contributed by atoms with van der Waals surface area (Å²) in [5.41, 5.74) is 4.80. The SMILES string of the molecule is COc1ccccc1NC(=O)Nc1ccc(-c2ccccc2)c2c1C(=O)CC2. The Balaban J connectivity index is 1.63. The third-order valence-corrected chi connectivity index (χ3v) is 4.88. The molecule has 4 rings (SSSR count). The maximum atomic E-state index is 12.5. The van der Waals surface area contributed by atoms with Crippen molar-refractivity contribution >= 4 is 23.2 Å². The standard InChI is InChI=1S/C23H20N2O3/c1-28-21-10-6-5-9-18(21)24-23(27)25-19-13-11-16(15-7-3-2-4-8-15)17-12-14-20(26)22(17)19/h2-11,13H,12,14H2,1H3,(H2,24,25,27). The number of hydrogen-bond acceptors (Lipinski definition) is 3. The Morgan fingerprint density at radius 1 is 0.857 bits per heavy atom. The smallest absolute Gasteiger partial charge is 0.323 e. The Labute approximate surface area is 163 Å². The predicted octanol–water partition coefficient (Wildman–Crippen LogP) is 5.14. The first-order valence-corrected chi connectivity index (χ1v) is 9.13. The molecule has 5 heteroatoms. The molecule has 0 unspecified atom stereocenters. The molecule has 0 saturated heterocycles. The van der Waals surface area contributed by atoms with Crippen LogP contribution in [0.3, 0.4) is 0 Å². The molecule has 0 heterocycles. The minimum atomic E-state index is -0.418. The Morgan fingerprint density at radius 2 is 1.57 bits per heavy atom. The van der Waals surface area contributed by atoms with Crippen LogP contribution in [0.1, 0.15) is 22.3 Å². The Morgan fingerprint density at radius 3 is 2.36 bits per heavy atom. The van der Waals surface area contributed by atoms with Gasteiger partial charge in [0.05, 0.1) is 18.5 Å². The first-order chi connectivity index (χ1) is 13.7. The van der Waals surface area contributed by atoms with Crippen LogP contribution in [-0.4, -0.2) is 18.9 Å². The van der Waals surface area contributed by atoms with Gasteiger partial charge in [0.2, 0.25) is 0 Å². The van der Waals surface area contributed by atoms with Crippen molar-refractivity contribution in [3.8, 4) is 16.9 Å². The molecule has 0 aliphatic heterocycles. The Kier molecular flexibility index (Phi) is 4.81. The van der Waals surface area contributed by atoms with Crippen LogP contribution in [0.5, 0.6) is 5.75 Å². The molecule has 3 aromatic carbocycles. The third-order valence-electron chi connectivity index (χ3n) is 4.88. The number of carbonyl (C=O) groups is 2. The number of anilines is 2. The van der Waals surface area contributed by atoms with Crippen LogP contribution in [-0.2, 0) is 6.42 Å². The molecular weight excluding hydrogens is 352 g/mol. The molecule has 3 aromatic rings. The fourth-order valence-corrected chi connectivity index (χ4v) is 3.61. The van der Waals surface area contributed by atoms with E-state index in [1.165, 1.54) is 0 Å². The number of benzene rings is 3. The first-order valence-electron chi connectivity index (χ1n) is 9.13.